The Morgan fingerprint density at radius 1 is 0.741 bits per heavy atom. The maximum atomic E-state index is 11.5. The standard InChI is InChI=1S/C16H22O11/c1-7(17)22-6-12(23-8(2)18)13-14(24-9(3)19)15(25-10(4)20)16(27-13)26-11(5)21/h12-16H,6H2,1-5H3/t12-,13+,14+,15-,16+/m1/s1. The van der Waals surface area contributed by atoms with Crippen LogP contribution < -0.4 is 0 Å². The molecule has 1 fully saturated rings. The molecule has 0 aliphatic carbocycles. The molecule has 0 radical (unpaired) electrons. The minimum Gasteiger partial charge on any atom is -0.462 e. The topological polar surface area (TPSA) is 141 Å². The van der Waals surface area contributed by atoms with E-state index in [0.29, 0.717) is 0 Å². The molecule has 0 spiro atoms. The van der Waals surface area contributed by atoms with Crippen LogP contribution in [0.3, 0.4) is 0 Å². The van der Waals surface area contributed by atoms with Gasteiger partial charge in [-0.25, -0.2) is 0 Å². The van der Waals surface area contributed by atoms with Crippen molar-refractivity contribution >= 4 is 29.8 Å². The van der Waals surface area contributed by atoms with Gasteiger partial charge in [-0.1, -0.05) is 0 Å². The van der Waals surface area contributed by atoms with E-state index in [1.165, 1.54) is 0 Å². The van der Waals surface area contributed by atoms with Crippen molar-refractivity contribution in [2.24, 2.45) is 0 Å². The zero-order valence-electron chi connectivity index (χ0n) is 15.6. The average molecular weight is 390 g/mol. The fraction of sp³-hybridized carbons (Fsp3) is 0.688. The summed E-state index contributed by atoms with van der Waals surface area (Å²) in [6.07, 6.45) is -6.46. The van der Waals surface area contributed by atoms with E-state index in [0.717, 1.165) is 34.6 Å². The van der Waals surface area contributed by atoms with Crippen LogP contribution in [-0.2, 0) is 52.4 Å². The molecule has 152 valence electrons. The number of ether oxygens (including phenoxy) is 6. The van der Waals surface area contributed by atoms with Crippen LogP contribution >= 0.6 is 0 Å². The van der Waals surface area contributed by atoms with Crippen molar-refractivity contribution in [1.29, 1.82) is 0 Å². The molecule has 27 heavy (non-hydrogen) atoms. The fourth-order valence-corrected chi connectivity index (χ4v) is 2.46. The molecular weight excluding hydrogens is 368 g/mol. The molecule has 11 nitrogen and oxygen atoms in total. The van der Waals surface area contributed by atoms with Crippen LogP contribution in [0.15, 0.2) is 0 Å². The molecule has 0 unspecified atom stereocenters. The minimum atomic E-state index is -1.42. The third-order valence-corrected chi connectivity index (χ3v) is 3.23. The molecule has 1 aliphatic rings. The summed E-state index contributed by atoms with van der Waals surface area (Å²) in [6.45, 7) is 5.15. The predicted octanol–water partition coefficient (Wildman–Crippen LogP) is -0.367. The molecular formula is C16H22O11. The Morgan fingerprint density at radius 2 is 1.26 bits per heavy atom. The first kappa shape index (κ1) is 22.4. The first-order chi connectivity index (χ1) is 12.5. The third-order valence-electron chi connectivity index (χ3n) is 3.23. The fourth-order valence-electron chi connectivity index (χ4n) is 2.46. The van der Waals surface area contributed by atoms with Crippen molar-refractivity contribution in [3.63, 3.8) is 0 Å². The van der Waals surface area contributed by atoms with Crippen molar-refractivity contribution in [2.75, 3.05) is 6.61 Å². The van der Waals surface area contributed by atoms with Crippen molar-refractivity contribution in [1.82, 2.24) is 0 Å². The number of hydrogen-bond acceptors (Lipinski definition) is 11. The molecule has 1 aliphatic heterocycles. The summed E-state index contributed by atoms with van der Waals surface area (Å²) in [7, 11) is 0. The van der Waals surface area contributed by atoms with Crippen molar-refractivity contribution in [3.05, 3.63) is 0 Å². The highest BCUT2D eigenvalue weighted by Gasteiger charge is 2.55. The van der Waals surface area contributed by atoms with E-state index >= 15 is 0 Å². The van der Waals surface area contributed by atoms with Gasteiger partial charge in [0.25, 0.3) is 0 Å². The monoisotopic (exact) mass is 390 g/mol. The van der Waals surface area contributed by atoms with Crippen LogP contribution in [0.5, 0.6) is 0 Å². The first-order valence-corrected chi connectivity index (χ1v) is 7.99. The van der Waals surface area contributed by atoms with Crippen molar-refractivity contribution in [2.45, 2.75) is 65.3 Å². The molecule has 1 rings (SSSR count). The molecule has 0 amide bonds. The van der Waals surface area contributed by atoms with Crippen LogP contribution in [0, 0.1) is 0 Å². The summed E-state index contributed by atoms with van der Waals surface area (Å²) in [5.74, 6) is -3.62. The third kappa shape index (κ3) is 7.21. The Labute approximate surface area is 155 Å². The van der Waals surface area contributed by atoms with E-state index < -0.39 is 67.2 Å². The van der Waals surface area contributed by atoms with Crippen LogP contribution in [0.25, 0.3) is 0 Å². The number of esters is 5. The lowest BCUT2D eigenvalue weighted by Crippen LogP contribution is -2.46. The van der Waals surface area contributed by atoms with Gasteiger partial charge in [0.15, 0.2) is 12.2 Å². The second-order valence-electron chi connectivity index (χ2n) is 5.68. The van der Waals surface area contributed by atoms with Crippen molar-refractivity contribution in [3.8, 4) is 0 Å². The lowest BCUT2D eigenvalue weighted by molar-refractivity contribution is -0.203. The van der Waals surface area contributed by atoms with Gasteiger partial charge in [-0.05, 0) is 0 Å². The molecule has 0 aromatic heterocycles. The lowest BCUT2D eigenvalue weighted by atomic mass is 10.1. The highest BCUT2D eigenvalue weighted by molar-refractivity contribution is 5.69. The maximum Gasteiger partial charge on any atom is 0.305 e. The summed E-state index contributed by atoms with van der Waals surface area (Å²) in [4.78, 5) is 56.7. The second kappa shape index (κ2) is 9.86. The summed E-state index contributed by atoms with van der Waals surface area (Å²) in [5.41, 5.74) is 0. The van der Waals surface area contributed by atoms with Gasteiger partial charge < -0.3 is 28.4 Å². The minimum absolute atomic E-state index is 0.420. The van der Waals surface area contributed by atoms with Gasteiger partial charge in [0.2, 0.25) is 12.4 Å². The zero-order valence-corrected chi connectivity index (χ0v) is 15.6. The van der Waals surface area contributed by atoms with E-state index in [4.69, 9.17) is 28.4 Å². The second-order valence-corrected chi connectivity index (χ2v) is 5.68. The van der Waals surface area contributed by atoms with Crippen LogP contribution in [0.4, 0.5) is 0 Å². The van der Waals surface area contributed by atoms with Crippen LogP contribution in [-0.4, -0.2) is 67.2 Å². The van der Waals surface area contributed by atoms with E-state index in [-0.39, 0.29) is 0 Å². The molecule has 0 aromatic carbocycles. The molecule has 0 bridgehead atoms. The summed E-state index contributed by atoms with van der Waals surface area (Å²) < 4.78 is 30.7. The number of carbonyl (C=O) groups excluding carboxylic acids is 5. The molecule has 0 N–H and O–H groups in total. The normalized spacial score (nSPS) is 25.1. The summed E-state index contributed by atoms with van der Waals surface area (Å²) >= 11 is 0. The largest absolute Gasteiger partial charge is 0.462 e. The Bertz CT molecular complexity index is 599. The average Bonchev–Trinajstić information content (AvgIpc) is 2.79. The maximum absolute atomic E-state index is 11.5. The molecule has 11 heteroatoms. The van der Waals surface area contributed by atoms with E-state index in [9.17, 15) is 24.0 Å². The summed E-state index contributed by atoms with van der Waals surface area (Å²) in [5, 5.41) is 0. The van der Waals surface area contributed by atoms with E-state index in [1.807, 2.05) is 0 Å². The van der Waals surface area contributed by atoms with Gasteiger partial charge in [-0.2, -0.15) is 0 Å². The summed E-state index contributed by atoms with van der Waals surface area (Å²) in [6, 6.07) is 0. The first-order valence-electron chi connectivity index (χ1n) is 7.99. The van der Waals surface area contributed by atoms with Gasteiger partial charge in [0, 0.05) is 34.6 Å². The SMILES string of the molecule is CC(=O)OC[C@@H](OC(C)=O)[C@@H]1O[C@H](OC(C)=O)[C@H](OC(C)=O)[C@H]1OC(C)=O. The predicted molar refractivity (Wildman–Crippen MR) is 83.7 cm³/mol. The molecule has 1 heterocycles. The number of rotatable bonds is 7. The Morgan fingerprint density at radius 3 is 1.70 bits per heavy atom. The molecule has 0 aromatic rings. The smallest absolute Gasteiger partial charge is 0.305 e. The number of hydrogen-bond donors (Lipinski definition) is 0. The van der Waals surface area contributed by atoms with Gasteiger partial charge in [0.05, 0.1) is 0 Å². The Hall–Kier alpha value is -2.69. The van der Waals surface area contributed by atoms with E-state index in [2.05, 4.69) is 0 Å². The quantitative estimate of drug-likeness (QED) is 0.415. The Balaban J connectivity index is 3.20. The van der Waals surface area contributed by atoms with E-state index in [1.54, 1.807) is 0 Å². The van der Waals surface area contributed by atoms with Gasteiger partial charge in [-0.15, -0.1) is 0 Å². The van der Waals surface area contributed by atoms with Crippen molar-refractivity contribution < 1.29 is 52.4 Å². The highest BCUT2D eigenvalue weighted by Crippen LogP contribution is 2.31. The van der Waals surface area contributed by atoms with Gasteiger partial charge in [0.1, 0.15) is 12.7 Å². The number of carbonyl (C=O) groups is 5. The lowest BCUT2D eigenvalue weighted by Gasteiger charge is -2.27. The van der Waals surface area contributed by atoms with Gasteiger partial charge >= 0.3 is 29.8 Å². The molecule has 5 atom stereocenters. The highest BCUT2D eigenvalue weighted by atomic mass is 16.8. The van der Waals surface area contributed by atoms with Crippen LogP contribution in [0.2, 0.25) is 0 Å². The van der Waals surface area contributed by atoms with Crippen LogP contribution in [0.1, 0.15) is 34.6 Å². The van der Waals surface area contributed by atoms with Gasteiger partial charge in [-0.3, -0.25) is 24.0 Å². The molecule has 1 saturated heterocycles. The Kier molecular flexibility index (Phi) is 8.16. The zero-order chi connectivity index (χ0) is 20.7. The molecule has 0 saturated carbocycles.